The second kappa shape index (κ2) is 8.39. The average Bonchev–Trinajstić information content (AvgIpc) is 3.27. The minimum atomic E-state index is -4.52. The zero-order valence-corrected chi connectivity index (χ0v) is 16.2. The summed E-state index contributed by atoms with van der Waals surface area (Å²) in [5, 5.41) is 12.8. The molecule has 1 aromatic carbocycles. The van der Waals surface area contributed by atoms with Crippen molar-refractivity contribution in [3.8, 4) is 0 Å². The molecule has 0 spiro atoms. The van der Waals surface area contributed by atoms with Crippen LogP contribution in [0.1, 0.15) is 28.3 Å². The van der Waals surface area contributed by atoms with Crippen LogP contribution in [0.3, 0.4) is 0 Å². The van der Waals surface area contributed by atoms with Crippen molar-refractivity contribution in [1.29, 1.82) is 0 Å². The van der Waals surface area contributed by atoms with Crippen molar-refractivity contribution in [2.45, 2.75) is 26.1 Å². The fourth-order valence-corrected chi connectivity index (χ4v) is 2.67. The molecular formula is C19H19F3N6O2. The van der Waals surface area contributed by atoms with Crippen molar-refractivity contribution in [2.24, 2.45) is 7.05 Å². The van der Waals surface area contributed by atoms with E-state index in [0.29, 0.717) is 17.1 Å². The fourth-order valence-electron chi connectivity index (χ4n) is 2.67. The molecule has 0 fully saturated rings. The Hall–Kier alpha value is -3.63. The van der Waals surface area contributed by atoms with Crippen LogP contribution in [0, 0.1) is 6.92 Å². The zero-order chi connectivity index (χ0) is 21.9. The van der Waals surface area contributed by atoms with E-state index in [1.54, 1.807) is 43.6 Å². The Kier molecular flexibility index (Phi) is 5.90. The van der Waals surface area contributed by atoms with Crippen LogP contribution in [-0.2, 0) is 24.6 Å². The first-order valence-corrected chi connectivity index (χ1v) is 8.94. The lowest BCUT2D eigenvalue weighted by molar-refractivity contribution is -0.141. The average molecular weight is 420 g/mol. The van der Waals surface area contributed by atoms with E-state index in [1.807, 2.05) is 0 Å². The van der Waals surface area contributed by atoms with Crippen molar-refractivity contribution in [2.75, 3.05) is 10.6 Å². The summed E-state index contributed by atoms with van der Waals surface area (Å²) in [6, 6.07) is 8.96. The number of amides is 2. The van der Waals surface area contributed by atoms with Crippen molar-refractivity contribution >= 4 is 23.2 Å². The number of aryl methyl sites for hydroxylation is 3. The van der Waals surface area contributed by atoms with Gasteiger partial charge in [0.2, 0.25) is 5.91 Å². The van der Waals surface area contributed by atoms with Gasteiger partial charge in [0.15, 0.2) is 11.4 Å². The van der Waals surface area contributed by atoms with Gasteiger partial charge in [0.05, 0.1) is 0 Å². The monoisotopic (exact) mass is 420 g/mol. The molecule has 0 aliphatic carbocycles. The van der Waals surface area contributed by atoms with Gasteiger partial charge in [0, 0.05) is 43.3 Å². The van der Waals surface area contributed by atoms with Crippen molar-refractivity contribution in [1.82, 2.24) is 19.6 Å². The molecule has 0 aliphatic rings. The summed E-state index contributed by atoms with van der Waals surface area (Å²) >= 11 is 0. The van der Waals surface area contributed by atoms with E-state index >= 15 is 0 Å². The Morgan fingerprint density at radius 2 is 1.67 bits per heavy atom. The highest BCUT2D eigenvalue weighted by Gasteiger charge is 2.34. The van der Waals surface area contributed by atoms with Crippen LogP contribution < -0.4 is 10.6 Å². The summed E-state index contributed by atoms with van der Waals surface area (Å²) in [6.07, 6.45) is -2.91. The van der Waals surface area contributed by atoms with E-state index in [-0.39, 0.29) is 30.5 Å². The van der Waals surface area contributed by atoms with Crippen LogP contribution in [0.2, 0.25) is 0 Å². The van der Waals surface area contributed by atoms with Crippen molar-refractivity contribution in [3.63, 3.8) is 0 Å². The van der Waals surface area contributed by atoms with Gasteiger partial charge < -0.3 is 10.6 Å². The van der Waals surface area contributed by atoms with Gasteiger partial charge in [-0.3, -0.25) is 19.0 Å². The summed E-state index contributed by atoms with van der Waals surface area (Å²) in [6.45, 7) is 1.52. The molecule has 2 N–H and O–H groups in total. The van der Waals surface area contributed by atoms with Gasteiger partial charge in [-0.05, 0) is 43.3 Å². The van der Waals surface area contributed by atoms with Gasteiger partial charge in [-0.25, -0.2) is 0 Å². The quantitative estimate of drug-likeness (QED) is 0.640. The van der Waals surface area contributed by atoms with Crippen LogP contribution in [0.5, 0.6) is 0 Å². The van der Waals surface area contributed by atoms with Crippen molar-refractivity contribution < 1.29 is 22.8 Å². The number of nitrogens with one attached hydrogen (secondary N) is 2. The van der Waals surface area contributed by atoms with E-state index in [2.05, 4.69) is 20.8 Å². The Bertz CT molecular complexity index is 1050. The molecule has 8 nitrogen and oxygen atoms in total. The number of halogens is 3. The van der Waals surface area contributed by atoms with Gasteiger partial charge in [-0.1, -0.05) is 0 Å². The molecule has 3 aromatic rings. The number of nitrogens with zero attached hydrogens (tertiary/aromatic N) is 4. The number of hydrogen-bond donors (Lipinski definition) is 2. The number of alkyl halides is 3. The SMILES string of the molecule is Cc1cc(C(F)(F)F)nn1CCC(=O)Nc1ccc(NC(=O)c2ccn(C)n2)cc1. The molecule has 0 atom stereocenters. The standard InChI is InChI=1S/C19H19F3N6O2/c1-12-11-16(19(20,21)22)26-28(12)10-8-17(29)23-13-3-5-14(6-4-13)24-18(30)15-7-9-27(2)25-15/h3-7,9,11H,8,10H2,1-2H3,(H,23,29)(H,24,30). The van der Waals surface area contributed by atoms with Crippen LogP contribution in [-0.4, -0.2) is 31.4 Å². The van der Waals surface area contributed by atoms with Crippen molar-refractivity contribution in [3.05, 3.63) is 59.7 Å². The molecular weight excluding hydrogens is 401 g/mol. The minimum absolute atomic E-state index is 0.0198. The normalized spacial score (nSPS) is 11.4. The van der Waals surface area contributed by atoms with Crippen LogP contribution in [0.15, 0.2) is 42.6 Å². The highest BCUT2D eigenvalue weighted by molar-refractivity contribution is 6.03. The molecule has 2 aromatic heterocycles. The second-order valence-corrected chi connectivity index (χ2v) is 6.60. The summed E-state index contributed by atoms with van der Waals surface area (Å²) in [7, 11) is 1.71. The number of carbonyl (C=O) groups excluding carboxylic acids is 2. The molecule has 2 amide bonds. The van der Waals surface area contributed by atoms with E-state index in [4.69, 9.17) is 0 Å². The maximum Gasteiger partial charge on any atom is 0.435 e. The first kappa shape index (κ1) is 21.1. The lowest BCUT2D eigenvalue weighted by Gasteiger charge is -2.08. The molecule has 0 saturated heterocycles. The maximum atomic E-state index is 12.7. The molecule has 0 bridgehead atoms. The van der Waals surface area contributed by atoms with Crippen LogP contribution in [0.4, 0.5) is 24.5 Å². The molecule has 0 radical (unpaired) electrons. The van der Waals surface area contributed by atoms with E-state index < -0.39 is 11.9 Å². The summed E-state index contributed by atoms with van der Waals surface area (Å²) < 4.78 is 40.7. The third kappa shape index (κ3) is 5.25. The topological polar surface area (TPSA) is 93.8 Å². The number of carbonyl (C=O) groups is 2. The van der Waals surface area contributed by atoms with Gasteiger partial charge in [-0.15, -0.1) is 0 Å². The highest BCUT2D eigenvalue weighted by atomic mass is 19.4. The molecule has 158 valence electrons. The van der Waals surface area contributed by atoms with Crippen LogP contribution in [0.25, 0.3) is 0 Å². The lowest BCUT2D eigenvalue weighted by atomic mass is 10.2. The Labute approximate surface area is 169 Å². The third-order valence-corrected chi connectivity index (χ3v) is 4.20. The zero-order valence-electron chi connectivity index (χ0n) is 16.2. The summed E-state index contributed by atoms with van der Waals surface area (Å²) in [4.78, 5) is 24.2. The predicted octanol–water partition coefficient (Wildman–Crippen LogP) is 3.22. The first-order chi connectivity index (χ1) is 14.1. The number of anilines is 2. The Balaban J connectivity index is 1.52. The Morgan fingerprint density at radius 1 is 1.03 bits per heavy atom. The molecule has 0 aliphatic heterocycles. The predicted molar refractivity (Wildman–Crippen MR) is 103 cm³/mol. The number of rotatable bonds is 6. The minimum Gasteiger partial charge on any atom is -0.326 e. The smallest absolute Gasteiger partial charge is 0.326 e. The molecule has 2 heterocycles. The molecule has 3 rings (SSSR count). The number of benzene rings is 1. The lowest BCUT2D eigenvalue weighted by Crippen LogP contribution is -2.16. The number of hydrogen-bond acceptors (Lipinski definition) is 4. The third-order valence-electron chi connectivity index (χ3n) is 4.20. The van der Waals surface area contributed by atoms with Gasteiger partial charge >= 0.3 is 6.18 Å². The second-order valence-electron chi connectivity index (χ2n) is 6.60. The van der Waals surface area contributed by atoms with E-state index in [0.717, 1.165) is 10.7 Å². The molecule has 0 saturated carbocycles. The largest absolute Gasteiger partial charge is 0.435 e. The first-order valence-electron chi connectivity index (χ1n) is 8.94. The maximum absolute atomic E-state index is 12.7. The fraction of sp³-hybridized carbons (Fsp3) is 0.263. The molecule has 0 unspecified atom stereocenters. The highest BCUT2D eigenvalue weighted by Crippen LogP contribution is 2.28. The van der Waals surface area contributed by atoms with E-state index in [9.17, 15) is 22.8 Å². The van der Waals surface area contributed by atoms with Gasteiger partial charge in [0.1, 0.15) is 0 Å². The van der Waals surface area contributed by atoms with E-state index in [1.165, 1.54) is 11.6 Å². The summed E-state index contributed by atoms with van der Waals surface area (Å²) in [5.74, 6) is -0.732. The van der Waals surface area contributed by atoms with Crippen LogP contribution >= 0.6 is 0 Å². The summed E-state index contributed by atoms with van der Waals surface area (Å²) in [5.41, 5.74) is 0.629. The Morgan fingerprint density at radius 3 is 2.20 bits per heavy atom. The number of aromatic nitrogens is 4. The van der Waals surface area contributed by atoms with Gasteiger partial charge in [0.25, 0.3) is 5.91 Å². The van der Waals surface area contributed by atoms with Gasteiger partial charge in [-0.2, -0.15) is 23.4 Å². The molecule has 11 heteroatoms. The molecule has 30 heavy (non-hydrogen) atoms.